The second kappa shape index (κ2) is 5.44. The van der Waals surface area contributed by atoms with Gasteiger partial charge in [0.25, 0.3) is 0 Å². The normalized spacial score (nSPS) is 14.7. The first-order valence-corrected chi connectivity index (χ1v) is 5.77. The molecule has 0 unspecified atom stereocenters. The Morgan fingerprint density at radius 1 is 1.44 bits per heavy atom. The molecule has 0 aromatic carbocycles. The second-order valence-electron chi connectivity index (χ2n) is 4.23. The summed E-state index contributed by atoms with van der Waals surface area (Å²) in [6.07, 6.45) is 7.33. The number of amides is 1. The molecule has 5 heteroatoms. The van der Waals surface area contributed by atoms with Crippen molar-refractivity contribution in [2.24, 2.45) is 0 Å². The molecule has 0 atom stereocenters. The van der Waals surface area contributed by atoms with Crippen molar-refractivity contribution in [1.29, 1.82) is 0 Å². The van der Waals surface area contributed by atoms with E-state index in [0.717, 1.165) is 30.6 Å². The highest BCUT2D eigenvalue weighted by molar-refractivity contribution is 5.94. The monoisotopic (exact) mass is 246 g/mol. The van der Waals surface area contributed by atoms with E-state index in [1.807, 2.05) is 12.1 Å². The molecule has 0 aliphatic heterocycles. The fourth-order valence-electron chi connectivity index (χ4n) is 1.70. The number of hydrogen-bond acceptors (Lipinski definition) is 3. The topological polar surface area (TPSA) is 70.5 Å². The van der Waals surface area contributed by atoms with Crippen LogP contribution in [0.5, 0.6) is 0 Å². The highest BCUT2D eigenvalue weighted by atomic mass is 16.4. The van der Waals surface area contributed by atoms with Gasteiger partial charge in [0.15, 0.2) is 0 Å². The molecule has 2 rings (SSSR count). The van der Waals surface area contributed by atoms with Crippen LogP contribution < -0.4 is 0 Å². The second-order valence-corrected chi connectivity index (χ2v) is 4.23. The fourth-order valence-corrected chi connectivity index (χ4v) is 1.70. The molecular weight excluding hydrogens is 232 g/mol. The summed E-state index contributed by atoms with van der Waals surface area (Å²) in [5.74, 6) is -1.37. The van der Waals surface area contributed by atoms with Crippen LogP contribution in [-0.2, 0) is 16.1 Å². The SMILES string of the molecule is O=C(O)/C=C/C(=O)N(Cc1cccnc1)C1CC1. The van der Waals surface area contributed by atoms with Gasteiger partial charge in [0.05, 0.1) is 0 Å². The number of carbonyl (C=O) groups is 2. The van der Waals surface area contributed by atoms with Crippen LogP contribution >= 0.6 is 0 Å². The third-order valence-electron chi connectivity index (χ3n) is 2.71. The first kappa shape index (κ1) is 12.3. The first-order valence-electron chi connectivity index (χ1n) is 5.77. The Morgan fingerprint density at radius 2 is 2.22 bits per heavy atom. The summed E-state index contributed by atoms with van der Waals surface area (Å²) in [6.45, 7) is 0.474. The van der Waals surface area contributed by atoms with Gasteiger partial charge < -0.3 is 10.0 Å². The molecule has 0 spiro atoms. The molecular formula is C13H14N2O3. The largest absolute Gasteiger partial charge is 0.478 e. The molecule has 0 radical (unpaired) electrons. The molecule has 1 aliphatic rings. The molecule has 1 saturated carbocycles. The lowest BCUT2D eigenvalue weighted by Crippen LogP contribution is -2.31. The Morgan fingerprint density at radius 3 is 2.78 bits per heavy atom. The Labute approximate surface area is 105 Å². The standard InChI is InChI=1S/C13H14N2O3/c16-12(5-6-13(17)18)15(11-3-4-11)9-10-2-1-7-14-8-10/h1-2,5-8,11H,3-4,9H2,(H,17,18)/b6-5+. The van der Waals surface area contributed by atoms with Gasteiger partial charge >= 0.3 is 5.97 Å². The van der Waals surface area contributed by atoms with Gasteiger partial charge in [-0.15, -0.1) is 0 Å². The average Bonchev–Trinajstić information content (AvgIpc) is 3.18. The number of aromatic nitrogens is 1. The third-order valence-corrected chi connectivity index (χ3v) is 2.71. The maximum atomic E-state index is 11.9. The highest BCUT2D eigenvalue weighted by Gasteiger charge is 2.31. The van der Waals surface area contributed by atoms with Crippen LogP contribution in [0.15, 0.2) is 36.7 Å². The number of rotatable bonds is 5. The van der Waals surface area contributed by atoms with Gasteiger partial charge in [0.2, 0.25) is 5.91 Å². The summed E-state index contributed by atoms with van der Waals surface area (Å²) in [7, 11) is 0. The highest BCUT2D eigenvalue weighted by Crippen LogP contribution is 2.28. The predicted molar refractivity (Wildman–Crippen MR) is 64.6 cm³/mol. The molecule has 18 heavy (non-hydrogen) atoms. The van der Waals surface area contributed by atoms with E-state index in [2.05, 4.69) is 4.98 Å². The Hall–Kier alpha value is -2.17. The van der Waals surface area contributed by atoms with E-state index < -0.39 is 5.97 Å². The van der Waals surface area contributed by atoms with Gasteiger partial charge in [-0.3, -0.25) is 9.78 Å². The summed E-state index contributed by atoms with van der Waals surface area (Å²) in [4.78, 5) is 28.0. The Bertz CT molecular complexity index is 466. The van der Waals surface area contributed by atoms with Crippen LogP contribution in [0.4, 0.5) is 0 Å². The lowest BCUT2D eigenvalue weighted by atomic mass is 10.2. The van der Waals surface area contributed by atoms with Gasteiger partial charge in [0.1, 0.15) is 0 Å². The maximum absolute atomic E-state index is 11.9. The zero-order chi connectivity index (χ0) is 13.0. The summed E-state index contributed by atoms with van der Waals surface area (Å²) >= 11 is 0. The van der Waals surface area contributed by atoms with Crippen molar-refractivity contribution in [2.75, 3.05) is 0 Å². The summed E-state index contributed by atoms with van der Waals surface area (Å²) < 4.78 is 0. The van der Waals surface area contributed by atoms with Crippen molar-refractivity contribution in [3.8, 4) is 0 Å². The number of pyridine rings is 1. The summed E-state index contributed by atoms with van der Waals surface area (Å²) in [6, 6.07) is 3.95. The van der Waals surface area contributed by atoms with E-state index in [9.17, 15) is 9.59 Å². The van der Waals surface area contributed by atoms with E-state index in [1.54, 1.807) is 17.3 Å². The molecule has 1 aromatic heterocycles. The minimum atomic E-state index is -1.11. The molecule has 1 fully saturated rings. The van der Waals surface area contributed by atoms with Crippen molar-refractivity contribution in [3.63, 3.8) is 0 Å². The van der Waals surface area contributed by atoms with Crippen molar-refractivity contribution in [1.82, 2.24) is 9.88 Å². The smallest absolute Gasteiger partial charge is 0.328 e. The van der Waals surface area contributed by atoms with Crippen LogP contribution in [0.25, 0.3) is 0 Å². The lowest BCUT2D eigenvalue weighted by Gasteiger charge is -2.20. The molecule has 0 bridgehead atoms. The first-order chi connectivity index (χ1) is 8.66. The van der Waals surface area contributed by atoms with E-state index >= 15 is 0 Å². The number of aliphatic carboxylic acids is 1. The van der Waals surface area contributed by atoms with E-state index in [1.165, 1.54) is 0 Å². The lowest BCUT2D eigenvalue weighted by molar-refractivity contribution is -0.132. The van der Waals surface area contributed by atoms with Crippen LogP contribution in [-0.4, -0.2) is 32.9 Å². The third kappa shape index (κ3) is 3.41. The number of carbonyl (C=O) groups excluding carboxylic acids is 1. The van der Waals surface area contributed by atoms with Gasteiger partial charge in [-0.1, -0.05) is 6.07 Å². The number of carboxylic acid groups (broad SMARTS) is 1. The Balaban J connectivity index is 2.04. The molecule has 1 aromatic rings. The molecule has 1 amide bonds. The quantitative estimate of drug-likeness (QED) is 0.793. The van der Waals surface area contributed by atoms with Gasteiger partial charge in [-0.2, -0.15) is 0 Å². The van der Waals surface area contributed by atoms with E-state index in [0.29, 0.717) is 6.54 Å². The molecule has 1 aliphatic carbocycles. The minimum Gasteiger partial charge on any atom is -0.478 e. The summed E-state index contributed by atoms with van der Waals surface area (Å²) in [5.41, 5.74) is 0.946. The fraction of sp³-hybridized carbons (Fsp3) is 0.308. The zero-order valence-corrected chi connectivity index (χ0v) is 9.82. The van der Waals surface area contributed by atoms with Crippen molar-refractivity contribution in [2.45, 2.75) is 25.4 Å². The Kier molecular flexibility index (Phi) is 3.72. The van der Waals surface area contributed by atoms with Crippen LogP contribution in [0.3, 0.4) is 0 Å². The zero-order valence-electron chi connectivity index (χ0n) is 9.82. The van der Waals surface area contributed by atoms with Crippen LogP contribution in [0.2, 0.25) is 0 Å². The van der Waals surface area contributed by atoms with Gasteiger partial charge in [-0.25, -0.2) is 4.79 Å². The van der Waals surface area contributed by atoms with Crippen molar-refractivity contribution in [3.05, 3.63) is 42.2 Å². The number of hydrogen-bond donors (Lipinski definition) is 1. The molecule has 0 saturated heterocycles. The molecule has 5 nitrogen and oxygen atoms in total. The van der Waals surface area contributed by atoms with Crippen LogP contribution in [0.1, 0.15) is 18.4 Å². The molecule has 94 valence electrons. The maximum Gasteiger partial charge on any atom is 0.328 e. The van der Waals surface area contributed by atoms with E-state index in [4.69, 9.17) is 5.11 Å². The van der Waals surface area contributed by atoms with Crippen molar-refractivity contribution >= 4 is 11.9 Å². The number of carboxylic acids is 1. The van der Waals surface area contributed by atoms with Gasteiger partial charge in [-0.05, 0) is 24.5 Å². The van der Waals surface area contributed by atoms with Crippen LogP contribution in [0, 0.1) is 0 Å². The minimum absolute atomic E-state index is 0.233. The average molecular weight is 246 g/mol. The number of nitrogens with zero attached hydrogens (tertiary/aromatic N) is 2. The predicted octanol–water partition coefficient (Wildman–Crippen LogP) is 1.21. The molecule has 1 N–H and O–H groups in total. The van der Waals surface area contributed by atoms with Gasteiger partial charge in [0, 0.05) is 37.1 Å². The van der Waals surface area contributed by atoms with Crippen molar-refractivity contribution < 1.29 is 14.7 Å². The summed E-state index contributed by atoms with van der Waals surface area (Å²) in [5, 5.41) is 8.52. The van der Waals surface area contributed by atoms with E-state index in [-0.39, 0.29) is 11.9 Å². The molecule has 1 heterocycles.